The normalized spacial score (nSPS) is 10.3. The van der Waals surface area contributed by atoms with Crippen molar-refractivity contribution in [1.29, 1.82) is 0 Å². The molecule has 0 fully saturated rings. The third-order valence-corrected chi connectivity index (χ3v) is 2.39. The highest BCUT2D eigenvalue weighted by Gasteiger charge is 2.11. The van der Waals surface area contributed by atoms with E-state index in [4.69, 9.17) is 16.2 Å². The second-order valence-electron chi connectivity index (χ2n) is 3.76. The van der Waals surface area contributed by atoms with Gasteiger partial charge in [0, 0.05) is 25.4 Å². The summed E-state index contributed by atoms with van der Waals surface area (Å²) in [5.74, 6) is -1.18. The van der Waals surface area contributed by atoms with E-state index in [1.807, 2.05) is 6.92 Å². The topological polar surface area (TPSA) is 90.4 Å². The second kappa shape index (κ2) is 6.80. The van der Waals surface area contributed by atoms with E-state index < -0.39 is 11.7 Å². The van der Waals surface area contributed by atoms with Gasteiger partial charge in [0.2, 0.25) is 0 Å². The third kappa shape index (κ3) is 3.89. The number of nitrogens with one attached hydrogen (secondary N) is 1. The molecule has 18 heavy (non-hydrogen) atoms. The lowest BCUT2D eigenvalue weighted by Gasteiger charge is -2.10. The molecule has 0 radical (unpaired) electrons. The van der Waals surface area contributed by atoms with Crippen molar-refractivity contribution >= 4 is 17.3 Å². The molecule has 0 atom stereocenters. The van der Waals surface area contributed by atoms with Crippen LogP contribution in [0.15, 0.2) is 12.1 Å². The third-order valence-electron chi connectivity index (χ3n) is 2.39. The molecule has 0 aliphatic heterocycles. The van der Waals surface area contributed by atoms with Crippen LogP contribution in [0.4, 0.5) is 15.8 Å². The molecule has 1 amide bonds. The molecular formula is C12H18FN3O2. The molecule has 0 bridgehead atoms. The number of rotatable bonds is 7. The first-order valence-electron chi connectivity index (χ1n) is 5.76. The van der Waals surface area contributed by atoms with E-state index in [1.165, 1.54) is 6.07 Å². The maximum Gasteiger partial charge on any atom is 0.250 e. The molecule has 0 aliphatic rings. The summed E-state index contributed by atoms with van der Waals surface area (Å²) in [5, 5.41) is 2.88. The van der Waals surface area contributed by atoms with Crippen molar-refractivity contribution in [1.82, 2.24) is 0 Å². The number of primary amides is 1. The van der Waals surface area contributed by atoms with Crippen LogP contribution in [-0.4, -0.2) is 25.7 Å². The van der Waals surface area contributed by atoms with Crippen molar-refractivity contribution in [3.8, 4) is 0 Å². The molecule has 0 spiro atoms. The number of nitrogen functional groups attached to an aromatic ring is 1. The van der Waals surface area contributed by atoms with Crippen molar-refractivity contribution in [3.05, 3.63) is 23.5 Å². The number of amides is 1. The number of carbonyl (C=O) groups excluding carboxylic acids is 1. The Labute approximate surface area is 105 Å². The number of ether oxygens (including phenoxy) is 1. The lowest BCUT2D eigenvalue weighted by molar-refractivity contribution is 0.100. The molecule has 1 aromatic rings. The summed E-state index contributed by atoms with van der Waals surface area (Å²) in [4.78, 5) is 11.1. The van der Waals surface area contributed by atoms with E-state index in [0.717, 1.165) is 12.5 Å². The van der Waals surface area contributed by atoms with E-state index in [1.54, 1.807) is 0 Å². The number of anilines is 2. The average Bonchev–Trinajstić information content (AvgIpc) is 2.30. The van der Waals surface area contributed by atoms with Gasteiger partial charge in [0.05, 0.1) is 11.3 Å². The Hall–Kier alpha value is -1.82. The van der Waals surface area contributed by atoms with E-state index in [0.29, 0.717) is 19.8 Å². The van der Waals surface area contributed by atoms with E-state index in [9.17, 15) is 9.18 Å². The van der Waals surface area contributed by atoms with E-state index in [2.05, 4.69) is 5.32 Å². The van der Waals surface area contributed by atoms with Crippen LogP contribution < -0.4 is 16.8 Å². The van der Waals surface area contributed by atoms with Crippen molar-refractivity contribution in [2.24, 2.45) is 5.73 Å². The van der Waals surface area contributed by atoms with Gasteiger partial charge in [-0.15, -0.1) is 0 Å². The summed E-state index contributed by atoms with van der Waals surface area (Å²) in [5.41, 5.74) is 11.0. The zero-order valence-corrected chi connectivity index (χ0v) is 10.3. The summed E-state index contributed by atoms with van der Waals surface area (Å²) in [6, 6.07) is 2.42. The van der Waals surface area contributed by atoms with Gasteiger partial charge in [0.15, 0.2) is 0 Å². The minimum atomic E-state index is -0.676. The van der Waals surface area contributed by atoms with Crippen molar-refractivity contribution in [2.45, 2.75) is 13.3 Å². The highest BCUT2D eigenvalue weighted by atomic mass is 19.1. The van der Waals surface area contributed by atoms with Gasteiger partial charge in [0.25, 0.3) is 5.91 Å². The van der Waals surface area contributed by atoms with Crippen LogP contribution in [0.3, 0.4) is 0 Å². The van der Waals surface area contributed by atoms with Gasteiger partial charge in [0.1, 0.15) is 5.82 Å². The molecule has 1 rings (SSSR count). The highest BCUT2D eigenvalue weighted by Crippen LogP contribution is 2.21. The minimum Gasteiger partial charge on any atom is -0.398 e. The quantitative estimate of drug-likeness (QED) is 0.506. The Morgan fingerprint density at radius 2 is 2.22 bits per heavy atom. The Morgan fingerprint density at radius 1 is 1.50 bits per heavy atom. The van der Waals surface area contributed by atoms with Crippen LogP contribution in [0.5, 0.6) is 0 Å². The lowest BCUT2D eigenvalue weighted by atomic mass is 10.1. The second-order valence-corrected chi connectivity index (χ2v) is 3.76. The van der Waals surface area contributed by atoms with Crippen molar-refractivity contribution in [3.63, 3.8) is 0 Å². The summed E-state index contributed by atoms with van der Waals surface area (Å²) < 4.78 is 18.7. The van der Waals surface area contributed by atoms with Gasteiger partial charge in [-0.05, 0) is 25.5 Å². The molecule has 0 aliphatic carbocycles. The fourth-order valence-electron chi connectivity index (χ4n) is 1.48. The number of hydrogen-bond acceptors (Lipinski definition) is 4. The largest absolute Gasteiger partial charge is 0.398 e. The molecule has 0 saturated heterocycles. The monoisotopic (exact) mass is 255 g/mol. The maximum absolute atomic E-state index is 13.5. The number of hydrogen-bond donors (Lipinski definition) is 3. The molecule has 6 heteroatoms. The fourth-order valence-corrected chi connectivity index (χ4v) is 1.48. The van der Waals surface area contributed by atoms with E-state index >= 15 is 0 Å². The zero-order valence-electron chi connectivity index (χ0n) is 10.3. The van der Waals surface area contributed by atoms with Crippen molar-refractivity contribution < 1.29 is 13.9 Å². The fraction of sp³-hybridized carbons (Fsp3) is 0.417. The Kier molecular flexibility index (Phi) is 5.38. The van der Waals surface area contributed by atoms with Crippen LogP contribution in [-0.2, 0) is 4.74 Å². The molecule has 5 N–H and O–H groups in total. The summed E-state index contributed by atoms with van der Waals surface area (Å²) >= 11 is 0. The molecule has 0 unspecified atom stereocenters. The highest BCUT2D eigenvalue weighted by molar-refractivity contribution is 5.99. The van der Waals surface area contributed by atoms with Gasteiger partial charge in [-0.3, -0.25) is 4.79 Å². The number of halogens is 1. The SMILES string of the molecule is CCOCCCNc1cc(C(N)=O)c(N)cc1F. The van der Waals surface area contributed by atoms with Gasteiger partial charge >= 0.3 is 0 Å². The molecule has 0 heterocycles. The first-order valence-corrected chi connectivity index (χ1v) is 5.76. The Morgan fingerprint density at radius 3 is 2.83 bits per heavy atom. The molecule has 0 saturated carbocycles. The van der Waals surface area contributed by atoms with Crippen LogP contribution >= 0.6 is 0 Å². The number of nitrogens with two attached hydrogens (primary N) is 2. The van der Waals surface area contributed by atoms with Crippen LogP contribution in [0.2, 0.25) is 0 Å². The van der Waals surface area contributed by atoms with Crippen LogP contribution in [0.1, 0.15) is 23.7 Å². The number of benzene rings is 1. The Balaban J connectivity index is 2.65. The smallest absolute Gasteiger partial charge is 0.250 e. The average molecular weight is 255 g/mol. The minimum absolute atomic E-state index is 0.0415. The predicted octanol–water partition coefficient (Wildman–Crippen LogP) is 1.35. The van der Waals surface area contributed by atoms with Crippen molar-refractivity contribution in [2.75, 3.05) is 30.8 Å². The molecule has 1 aromatic carbocycles. The zero-order chi connectivity index (χ0) is 13.5. The lowest BCUT2D eigenvalue weighted by Crippen LogP contribution is -2.15. The molecular weight excluding hydrogens is 237 g/mol. The standard InChI is InChI=1S/C12H18FN3O2/c1-2-18-5-3-4-16-11-6-8(12(15)17)10(14)7-9(11)13/h6-7,16H,2-5,14H2,1H3,(H2,15,17). The Bertz CT molecular complexity index is 424. The van der Waals surface area contributed by atoms with Gasteiger partial charge in [-0.1, -0.05) is 0 Å². The maximum atomic E-state index is 13.5. The van der Waals surface area contributed by atoms with E-state index in [-0.39, 0.29) is 16.9 Å². The van der Waals surface area contributed by atoms with Crippen LogP contribution in [0.25, 0.3) is 0 Å². The summed E-state index contributed by atoms with van der Waals surface area (Å²) in [7, 11) is 0. The van der Waals surface area contributed by atoms with Crippen LogP contribution in [0, 0.1) is 5.82 Å². The predicted molar refractivity (Wildman–Crippen MR) is 68.9 cm³/mol. The molecule has 100 valence electrons. The summed E-state index contributed by atoms with van der Waals surface area (Å²) in [6.07, 6.45) is 0.740. The van der Waals surface area contributed by atoms with Gasteiger partial charge < -0.3 is 21.5 Å². The first-order chi connectivity index (χ1) is 8.56. The first kappa shape index (κ1) is 14.2. The molecule has 0 aromatic heterocycles. The number of carbonyl (C=O) groups is 1. The molecule has 5 nitrogen and oxygen atoms in total. The van der Waals surface area contributed by atoms with Gasteiger partial charge in [-0.25, -0.2) is 4.39 Å². The van der Waals surface area contributed by atoms with Gasteiger partial charge in [-0.2, -0.15) is 0 Å². The summed E-state index contributed by atoms with van der Waals surface area (Å²) in [6.45, 7) is 3.70.